The van der Waals surface area contributed by atoms with E-state index in [-0.39, 0.29) is 0 Å². The number of nitrogens with zero attached hydrogens (tertiary/aromatic N) is 7. The van der Waals surface area contributed by atoms with E-state index >= 15 is 0 Å². The van der Waals surface area contributed by atoms with Gasteiger partial charge in [0.05, 0.1) is 27.8 Å². The van der Waals surface area contributed by atoms with Crippen LogP contribution in [0.5, 0.6) is 0 Å². The molecule has 7 nitrogen and oxygen atoms in total. The number of fused-ring (bicyclic) bond motifs is 3. The summed E-state index contributed by atoms with van der Waals surface area (Å²) >= 11 is 0. The summed E-state index contributed by atoms with van der Waals surface area (Å²) in [6, 6.07) is 24.4. The van der Waals surface area contributed by atoms with Crippen LogP contribution in [-0.2, 0) is 12.4 Å². The Morgan fingerprint density at radius 2 is 0.825 bits per heavy atom. The van der Waals surface area contributed by atoms with Crippen molar-refractivity contribution < 1.29 is 26.3 Å². The molecular formula is C44H33F6N7. The Bertz CT molecular complexity index is 2750. The summed E-state index contributed by atoms with van der Waals surface area (Å²) in [5.74, 6) is 2.96. The van der Waals surface area contributed by atoms with Gasteiger partial charge >= 0.3 is 12.4 Å². The van der Waals surface area contributed by atoms with E-state index in [4.69, 9.17) is 9.97 Å². The summed E-state index contributed by atoms with van der Waals surface area (Å²) < 4.78 is 85.7. The fourth-order valence-corrected chi connectivity index (χ4v) is 7.40. The molecular weight excluding hydrogens is 741 g/mol. The molecule has 0 fully saturated rings. The summed E-state index contributed by atoms with van der Waals surface area (Å²) in [6.45, 7) is 10.3. The largest absolute Gasteiger partial charge is 0.416 e. The van der Waals surface area contributed by atoms with Gasteiger partial charge < -0.3 is 4.57 Å². The second-order valence-electron chi connectivity index (χ2n) is 14.2. The van der Waals surface area contributed by atoms with Gasteiger partial charge in [0.1, 0.15) is 23.3 Å². The normalized spacial score (nSPS) is 12.2. The maximum atomic E-state index is 14.0. The molecule has 8 aromatic rings. The highest BCUT2D eigenvalue weighted by molar-refractivity contribution is 6.12. The molecule has 0 aliphatic rings. The number of halogens is 6. The molecule has 3 aromatic heterocycles. The Balaban J connectivity index is 1.43. The minimum absolute atomic E-state index is 0.374. The molecule has 0 aliphatic heterocycles. The first kappa shape index (κ1) is 37.4. The lowest BCUT2D eigenvalue weighted by Crippen LogP contribution is -2.05. The number of benzene rings is 5. The van der Waals surface area contributed by atoms with Gasteiger partial charge in [-0.2, -0.15) is 26.3 Å². The van der Waals surface area contributed by atoms with Crippen LogP contribution >= 0.6 is 0 Å². The standard InChI is InChI=1S/C44H33F6N7/c1-22-13-31(17-33(15-22)43(45,46)47)28-7-10-38-35(19-28)36-20-29(32-14-23(2)16-34(18-32)44(48,49)50)8-11-39(36)57(38)40-12-9-30(41-53-24(3)51-25(4)54-41)21-37(40)42-55-26(5)52-27(6)56-42/h7-21H,1-6H3. The minimum atomic E-state index is -4.55. The Morgan fingerprint density at radius 1 is 0.404 bits per heavy atom. The van der Waals surface area contributed by atoms with Crippen molar-refractivity contribution in [1.29, 1.82) is 0 Å². The van der Waals surface area contributed by atoms with Crippen LogP contribution in [0.4, 0.5) is 26.3 Å². The first-order valence-corrected chi connectivity index (χ1v) is 17.9. The fourth-order valence-electron chi connectivity index (χ4n) is 7.40. The van der Waals surface area contributed by atoms with Crippen LogP contribution in [0.15, 0.2) is 91.0 Å². The van der Waals surface area contributed by atoms with Crippen LogP contribution in [0.2, 0.25) is 0 Å². The second-order valence-corrected chi connectivity index (χ2v) is 14.2. The molecule has 0 amide bonds. The number of aryl methyl sites for hydroxylation is 6. The third kappa shape index (κ3) is 7.21. The van der Waals surface area contributed by atoms with E-state index in [2.05, 4.69) is 19.9 Å². The molecule has 57 heavy (non-hydrogen) atoms. The molecule has 8 rings (SSSR count). The third-order valence-electron chi connectivity index (χ3n) is 9.70. The van der Waals surface area contributed by atoms with Gasteiger partial charge in [0.25, 0.3) is 0 Å². The van der Waals surface area contributed by atoms with Gasteiger partial charge in [0.2, 0.25) is 0 Å². The van der Waals surface area contributed by atoms with Gasteiger partial charge in [-0.3, -0.25) is 0 Å². The van der Waals surface area contributed by atoms with E-state index in [0.29, 0.717) is 107 Å². The van der Waals surface area contributed by atoms with E-state index in [9.17, 15) is 26.3 Å². The molecule has 13 heteroatoms. The minimum Gasteiger partial charge on any atom is -0.308 e. The fraction of sp³-hybridized carbons (Fsp3) is 0.182. The van der Waals surface area contributed by atoms with Gasteiger partial charge in [-0.05, 0) is 142 Å². The highest BCUT2D eigenvalue weighted by Gasteiger charge is 2.32. The maximum absolute atomic E-state index is 14.0. The van der Waals surface area contributed by atoms with E-state index in [1.165, 1.54) is 0 Å². The van der Waals surface area contributed by atoms with Gasteiger partial charge in [0, 0.05) is 21.9 Å². The van der Waals surface area contributed by atoms with Crippen molar-refractivity contribution in [2.24, 2.45) is 0 Å². The molecule has 5 aromatic carbocycles. The summed E-state index contributed by atoms with van der Waals surface area (Å²) in [6.07, 6.45) is -9.10. The predicted molar refractivity (Wildman–Crippen MR) is 208 cm³/mol. The Kier molecular flexibility index (Phi) is 8.94. The van der Waals surface area contributed by atoms with Crippen molar-refractivity contribution in [3.8, 4) is 50.7 Å². The molecule has 0 bridgehead atoms. The van der Waals surface area contributed by atoms with Gasteiger partial charge in [0.15, 0.2) is 11.6 Å². The number of hydrogen-bond donors (Lipinski definition) is 0. The van der Waals surface area contributed by atoms with Gasteiger partial charge in [-0.1, -0.05) is 24.3 Å². The van der Waals surface area contributed by atoms with Crippen molar-refractivity contribution in [2.45, 2.75) is 53.9 Å². The zero-order valence-corrected chi connectivity index (χ0v) is 31.6. The summed E-state index contributed by atoms with van der Waals surface area (Å²) in [5.41, 5.74) is 4.53. The topological polar surface area (TPSA) is 82.3 Å². The van der Waals surface area contributed by atoms with E-state index in [1.807, 2.05) is 47.0 Å². The third-order valence-corrected chi connectivity index (χ3v) is 9.70. The lowest BCUT2D eigenvalue weighted by atomic mass is 9.96. The zero-order valence-electron chi connectivity index (χ0n) is 31.6. The van der Waals surface area contributed by atoms with Crippen molar-refractivity contribution in [3.63, 3.8) is 0 Å². The smallest absolute Gasteiger partial charge is 0.308 e. The maximum Gasteiger partial charge on any atom is 0.416 e. The van der Waals surface area contributed by atoms with E-state index in [1.54, 1.807) is 65.8 Å². The lowest BCUT2D eigenvalue weighted by Gasteiger charge is -2.16. The molecule has 0 unspecified atom stereocenters. The van der Waals surface area contributed by atoms with Crippen LogP contribution in [0, 0.1) is 41.5 Å². The number of rotatable bonds is 5. The Morgan fingerprint density at radius 3 is 1.26 bits per heavy atom. The molecule has 0 aliphatic carbocycles. The van der Waals surface area contributed by atoms with Gasteiger partial charge in [-0.15, -0.1) is 0 Å². The highest BCUT2D eigenvalue weighted by atomic mass is 19.4. The molecule has 0 N–H and O–H groups in total. The van der Waals surface area contributed by atoms with E-state index in [0.717, 1.165) is 24.3 Å². The molecule has 0 saturated carbocycles. The van der Waals surface area contributed by atoms with Crippen molar-refractivity contribution >= 4 is 21.8 Å². The molecule has 0 radical (unpaired) electrons. The zero-order chi connectivity index (χ0) is 40.6. The molecule has 0 spiro atoms. The van der Waals surface area contributed by atoms with Crippen molar-refractivity contribution in [2.75, 3.05) is 0 Å². The Hall–Kier alpha value is -6.50. The average molecular weight is 774 g/mol. The average Bonchev–Trinajstić information content (AvgIpc) is 3.45. The molecule has 286 valence electrons. The van der Waals surface area contributed by atoms with Gasteiger partial charge in [-0.25, -0.2) is 29.9 Å². The predicted octanol–water partition coefficient (Wildman–Crippen LogP) is 11.7. The summed E-state index contributed by atoms with van der Waals surface area (Å²) in [7, 11) is 0. The molecule has 3 heterocycles. The van der Waals surface area contributed by atoms with Crippen LogP contribution in [0.25, 0.3) is 72.5 Å². The second kappa shape index (κ2) is 13.6. The number of aromatic nitrogens is 7. The van der Waals surface area contributed by atoms with Crippen molar-refractivity contribution in [1.82, 2.24) is 34.5 Å². The van der Waals surface area contributed by atoms with E-state index < -0.39 is 23.5 Å². The number of hydrogen-bond acceptors (Lipinski definition) is 6. The lowest BCUT2D eigenvalue weighted by molar-refractivity contribution is -0.138. The first-order valence-electron chi connectivity index (χ1n) is 17.9. The van der Waals surface area contributed by atoms with Crippen LogP contribution in [-0.4, -0.2) is 34.5 Å². The quantitative estimate of drug-likeness (QED) is 0.162. The summed E-state index contributed by atoms with van der Waals surface area (Å²) in [5, 5.41) is 1.34. The first-order chi connectivity index (χ1) is 26.9. The molecule has 0 atom stereocenters. The van der Waals surface area contributed by atoms with Crippen LogP contribution in [0.3, 0.4) is 0 Å². The molecule has 0 saturated heterocycles. The monoisotopic (exact) mass is 773 g/mol. The SMILES string of the molecule is Cc1cc(-c2ccc3c(c2)c2cc(-c4cc(C)cc(C(F)(F)F)c4)ccc2n3-c2ccc(-c3nc(C)nc(C)n3)cc2-c2nc(C)nc(C)n2)cc(C(F)(F)F)c1. The van der Waals surface area contributed by atoms with Crippen LogP contribution < -0.4 is 0 Å². The van der Waals surface area contributed by atoms with Crippen molar-refractivity contribution in [3.05, 3.63) is 137 Å². The Labute approximate surface area is 323 Å². The van der Waals surface area contributed by atoms with Crippen LogP contribution in [0.1, 0.15) is 45.6 Å². The number of alkyl halides is 6. The highest BCUT2D eigenvalue weighted by Crippen LogP contribution is 2.42. The summed E-state index contributed by atoms with van der Waals surface area (Å²) in [4.78, 5) is 27.3.